The van der Waals surface area contributed by atoms with Crippen molar-refractivity contribution in [1.82, 2.24) is 15.4 Å². The van der Waals surface area contributed by atoms with Crippen molar-refractivity contribution in [3.05, 3.63) is 18.2 Å². The van der Waals surface area contributed by atoms with Gasteiger partial charge in [0.05, 0.1) is 17.7 Å². The number of nitrogens with one attached hydrogen (secondary N) is 2. The van der Waals surface area contributed by atoms with Crippen LogP contribution in [-0.2, 0) is 0 Å². The Morgan fingerprint density at radius 3 is 3.13 bits per heavy atom. The molecule has 0 fully saturated rings. The zero-order valence-corrected chi connectivity index (χ0v) is 8.70. The number of aromatic nitrogens is 3. The molecule has 0 radical (unpaired) electrons. The first kappa shape index (κ1) is 10.2. The smallest absolute Gasteiger partial charge is 0.136 e. The lowest BCUT2D eigenvalue weighted by Gasteiger charge is -2.09. The molecule has 1 unspecified atom stereocenters. The van der Waals surface area contributed by atoms with Crippen molar-refractivity contribution < 1.29 is 5.11 Å². The molecule has 0 bridgehead atoms. The van der Waals surface area contributed by atoms with Crippen molar-refractivity contribution in [2.45, 2.75) is 6.10 Å². The van der Waals surface area contributed by atoms with Crippen LogP contribution < -0.4 is 5.32 Å². The summed E-state index contributed by atoms with van der Waals surface area (Å²) in [6.07, 6.45) is -0.561. The highest BCUT2D eigenvalue weighted by atomic mass is 35.5. The molecule has 2 rings (SSSR count). The van der Waals surface area contributed by atoms with Crippen LogP contribution in [0.15, 0.2) is 18.2 Å². The lowest BCUT2D eigenvalue weighted by Crippen LogP contribution is -2.20. The summed E-state index contributed by atoms with van der Waals surface area (Å²) in [4.78, 5) is 0. The zero-order valence-electron chi connectivity index (χ0n) is 7.94. The Morgan fingerprint density at radius 2 is 2.33 bits per heavy atom. The van der Waals surface area contributed by atoms with E-state index in [0.29, 0.717) is 6.54 Å². The number of aliphatic hydroxyl groups excluding tert-OH is 1. The first-order chi connectivity index (χ1) is 7.31. The molecule has 1 aromatic heterocycles. The summed E-state index contributed by atoms with van der Waals surface area (Å²) in [6.45, 7) is 0.398. The van der Waals surface area contributed by atoms with Gasteiger partial charge in [0.15, 0.2) is 0 Å². The van der Waals surface area contributed by atoms with Crippen LogP contribution in [0.5, 0.6) is 0 Å². The molecule has 1 aromatic carbocycles. The molecule has 1 heterocycles. The molecule has 80 valence electrons. The minimum atomic E-state index is -0.561. The number of H-pyrrole nitrogens is 1. The Hall–Kier alpha value is -1.33. The molecule has 0 aliphatic carbocycles. The van der Waals surface area contributed by atoms with Crippen LogP contribution in [0.25, 0.3) is 11.0 Å². The number of aliphatic hydroxyl groups is 1. The van der Waals surface area contributed by atoms with Gasteiger partial charge in [0.1, 0.15) is 11.0 Å². The molecular formula is C9H11ClN4O. The van der Waals surface area contributed by atoms with Gasteiger partial charge in [0.25, 0.3) is 0 Å². The van der Waals surface area contributed by atoms with Crippen LogP contribution >= 0.6 is 11.6 Å². The number of aromatic amines is 1. The monoisotopic (exact) mass is 226 g/mol. The summed E-state index contributed by atoms with van der Waals surface area (Å²) in [5.74, 6) is 0.210. The van der Waals surface area contributed by atoms with E-state index in [0.717, 1.165) is 16.7 Å². The second kappa shape index (κ2) is 4.46. The van der Waals surface area contributed by atoms with Gasteiger partial charge in [0, 0.05) is 6.54 Å². The van der Waals surface area contributed by atoms with Crippen molar-refractivity contribution in [3.63, 3.8) is 0 Å². The van der Waals surface area contributed by atoms with Crippen LogP contribution in [0, 0.1) is 0 Å². The summed E-state index contributed by atoms with van der Waals surface area (Å²) in [7, 11) is 0. The molecule has 0 saturated carbocycles. The molecule has 3 N–H and O–H groups in total. The van der Waals surface area contributed by atoms with Gasteiger partial charge in [-0.15, -0.1) is 11.6 Å². The minimum absolute atomic E-state index is 0.210. The number of anilines is 1. The van der Waals surface area contributed by atoms with E-state index in [-0.39, 0.29) is 5.88 Å². The van der Waals surface area contributed by atoms with Gasteiger partial charge in [-0.3, -0.25) is 0 Å². The predicted octanol–water partition coefficient (Wildman–Crippen LogP) is 0.969. The molecule has 0 amide bonds. The SMILES string of the molecule is OC(CCl)CNc1cccc2n[nH]nc12. The number of alkyl halides is 1. The first-order valence-electron chi connectivity index (χ1n) is 4.58. The number of hydrogen-bond donors (Lipinski definition) is 3. The maximum absolute atomic E-state index is 9.30. The number of halogens is 1. The highest BCUT2D eigenvalue weighted by molar-refractivity contribution is 6.18. The average molecular weight is 227 g/mol. The third kappa shape index (κ3) is 2.19. The van der Waals surface area contributed by atoms with E-state index in [9.17, 15) is 5.11 Å². The van der Waals surface area contributed by atoms with Gasteiger partial charge in [-0.1, -0.05) is 6.07 Å². The molecule has 2 aromatic rings. The molecule has 0 aliphatic rings. The number of hydrogen-bond acceptors (Lipinski definition) is 4. The molecule has 6 heteroatoms. The zero-order chi connectivity index (χ0) is 10.7. The summed E-state index contributed by atoms with van der Waals surface area (Å²) in [5.41, 5.74) is 2.39. The van der Waals surface area contributed by atoms with Crippen molar-refractivity contribution in [3.8, 4) is 0 Å². The van der Waals surface area contributed by atoms with Gasteiger partial charge in [-0.25, -0.2) is 0 Å². The fourth-order valence-corrected chi connectivity index (χ4v) is 1.40. The number of fused-ring (bicyclic) bond motifs is 1. The largest absolute Gasteiger partial charge is 0.390 e. The van der Waals surface area contributed by atoms with Gasteiger partial charge < -0.3 is 10.4 Å². The predicted molar refractivity (Wildman–Crippen MR) is 59.1 cm³/mol. The lowest BCUT2D eigenvalue weighted by atomic mass is 10.2. The van der Waals surface area contributed by atoms with Gasteiger partial charge in [-0.05, 0) is 12.1 Å². The number of benzene rings is 1. The second-order valence-electron chi connectivity index (χ2n) is 3.19. The first-order valence-corrected chi connectivity index (χ1v) is 5.12. The molecule has 1 atom stereocenters. The van der Waals surface area contributed by atoms with Gasteiger partial charge in [0.2, 0.25) is 0 Å². The van der Waals surface area contributed by atoms with Crippen molar-refractivity contribution in [2.75, 3.05) is 17.7 Å². The molecular weight excluding hydrogens is 216 g/mol. The molecule has 0 saturated heterocycles. The van der Waals surface area contributed by atoms with Crippen molar-refractivity contribution in [1.29, 1.82) is 0 Å². The fourth-order valence-electron chi connectivity index (χ4n) is 1.29. The number of rotatable bonds is 4. The van der Waals surface area contributed by atoms with E-state index < -0.39 is 6.10 Å². The van der Waals surface area contributed by atoms with Crippen LogP contribution in [0.2, 0.25) is 0 Å². The van der Waals surface area contributed by atoms with E-state index in [4.69, 9.17) is 11.6 Å². The summed E-state index contributed by atoms with van der Waals surface area (Å²) >= 11 is 5.49. The van der Waals surface area contributed by atoms with Crippen molar-refractivity contribution >= 4 is 28.3 Å². The summed E-state index contributed by atoms with van der Waals surface area (Å²) in [5, 5.41) is 22.9. The third-order valence-electron chi connectivity index (χ3n) is 2.05. The highest BCUT2D eigenvalue weighted by Gasteiger charge is 2.06. The Labute approximate surface area is 91.4 Å². The van der Waals surface area contributed by atoms with Crippen LogP contribution in [0.4, 0.5) is 5.69 Å². The number of para-hydroxylation sites is 1. The lowest BCUT2D eigenvalue weighted by molar-refractivity contribution is 0.211. The molecule has 15 heavy (non-hydrogen) atoms. The highest BCUT2D eigenvalue weighted by Crippen LogP contribution is 2.18. The maximum Gasteiger partial charge on any atom is 0.136 e. The molecule has 0 aliphatic heterocycles. The standard InChI is InChI=1S/C9H11ClN4O/c10-4-6(15)5-11-7-2-1-3-8-9(7)13-14-12-8/h1-3,6,11,15H,4-5H2,(H,12,13,14). The Kier molecular flexibility index (Phi) is 3.03. The fraction of sp³-hybridized carbons (Fsp3) is 0.333. The van der Waals surface area contributed by atoms with E-state index in [2.05, 4.69) is 20.7 Å². The third-order valence-corrected chi connectivity index (χ3v) is 2.41. The topological polar surface area (TPSA) is 73.8 Å². The second-order valence-corrected chi connectivity index (χ2v) is 3.49. The molecule has 0 spiro atoms. The van der Waals surface area contributed by atoms with Gasteiger partial charge >= 0.3 is 0 Å². The van der Waals surface area contributed by atoms with E-state index in [1.807, 2.05) is 18.2 Å². The normalized spacial score (nSPS) is 12.9. The van der Waals surface area contributed by atoms with E-state index in [1.54, 1.807) is 0 Å². The number of nitrogens with zero attached hydrogens (tertiary/aromatic N) is 2. The quantitative estimate of drug-likeness (QED) is 0.680. The summed E-state index contributed by atoms with van der Waals surface area (Å²) < 4.78 is 0. The van der Waals surface area contributed by atoms with E-state index >= 15 is 0 Å². The summed E-state index contributed by atoms with van der Waals surface area (Å²) in [6, 6.07) is 5.62. The van der Waals surface area contributed by atoms with Crippen LogP contribution in [-0.4, -0.2) is 39.0 Å². The molecule has 5 nitrogen and oxygen atoms in total. The maximum atomic E-state index is 9.30. The average Bonchev–Trinajstić information content (AvgIpc) is 2.74. The van der Waals surface area contributed by atoms with Crippen molar-refractivity contribution in [2.24, 2.45) is 0 Å². The van der Waals surface area contributed by atoms with E-state index in [1.165, 1.54) is 0 Å². The Bertz CT molecular complexity index is 444. The minimum Gasteiger partial charge on any atom is -0.390 e. The van der Waals surface area contributed by atoms with Gasteiger partial charge in [-0.2, -0.15) is 15.4 Å². The Morgan fingerprint density at radius 1 is 1.47 bits per heavy atom. The Balaban J connectivity index is 2.17. The van der Waals surface area contributed by atoms with Crippen LogP contribution in [0.3, 0.4) is 0 Å². The van der Waals surface area contributed by atoms with Crippen LogP contribution in [0.1, 0.15) is 0 Å².